The lowest BCUT2D eigenvalue weighted by Crippen LogP contribution is -2.04. The number of rotatable bonds is 4. The molecule has 0 bridgehead atoms. The van der Waals surface area contributed by atoms with Gasteiger partial charge in [0.05, 0.1) is 18.1 Å². The van der Waals surface area contributed by atoms with Gasteiger partial charge in [-0.2, -0.15) is 0 Å². The average molecular weight is 361 g/mol. The molecule has 4 rings (SSSR count). The van der Waals surface area contributed by atoms with Crippen LogP contribution in [0.5, 0.6) is 5.75 Å². The SMILES string of the molecule is COc1cc(F)ccc1-c1cccc(-n2cnc3cc([C@@H](C)N)ccc32)c1. The van der Waals surface area contributed by atoms with Gasteiger partial charge in [-0.15, -0.1) is 0 Å². The quantitative estimate of drug-likeness (QED) is 0.565. The summed E-state index contributed by atoms with van der Waals surface area (Å²) in [6.07, 6.45) is 1.80. The van der Waals surface area contributed by atoms with Gasteiger partial charge in [0.2, 0.25) is 0 Å². The fourth-order valence-electron chi connectivity index (χ4n) is 3.25. The molecule has 0 aliphatic rings. The Morgan fingerprint density at radius 3 is 2.70 bits per heavy atom. The fraction of sp³-hybridized carbons (Fsp3) is 0.136. The molecule has 0 radical (unpaired) electrons. The van der Waals surface area contributed by atoms with E-state index in [1.165, 1.54) is 12.1 Å². The highest BCUT2D eigenvalue weighted by atomic mass is 19.1. The van der Waals surface area contributed by atoms with Crippen molar-refractivity contribution < 1.29 is 9.13 Å². The molecule has 0 aliphatic heterocycles. The number of methoxy groups -OCH3 is 1. The number of fused-ring (bicyclic) bond motifs is 1. The molecule has 1 atom stereocenters. The number of benzene rings is 3. The van der Waals surface area contributed by atoms with Gasteiger partial charge in [-0.1, -0.05) is 18.2 Å². The largest absolute Gasteiger partial charge is 0.496 e. The molecule has 1 aromatic heterocycles. The minimum absolute atomic E-state index is 0.0335. The van der Waals surface area contributed by atoms with E-state index in [0.717, 1.165) is 33.4 Å². The molecular weight excluding hydrogens is 341 g/mol. The van der Waals surface area contributed by atoms with Gasteiger partial charge in [0.25, 0.3) is 0 Å². The zero-order valence-corrected chi connectivity index (χ0v) is 15.2. The zero-order valence-electron chi connectivity index (χ0n) is 15.2. The van der Waals surface area contributed by atoms with Crippen molar-refractivity contribution in [3.05, 3.63) is 78.4 Å². The molecule has 136 valence electrons. The minimum Gasteiger partial charge on any atom is -0.496 e. The van der Waals surface area contributed by atoms with Crippen LogP contribution in [0.25, 0.3) is 27.8 Å². The van der Waals surface area contributed by atoms with Crippen molar-refractivity contribution in [1.29, 1.82) is 0 Å². The van der Waals surface area contributed by atoms with Gasteiger partial charge in [-0.3, -0.25) is 4.57 Å². The molecule has 0 aliphatic carbocycles. The van der Waals surface area contributed by atoms with Crippen LogP contribution in [0, 0.1) is 5.82 Å². The van der Waals surface area contributed by atoms with E-state index in [9.17, 15) is 4.39 Å². The fourth-order valence-corrected chi connectivity index (χ4v) is 3.25. The third-order valence-electron chi connectivity index (χ3n) is 4.70. The van der Waals surface area contributed by atoms with Crippen LogP contribution in [0.2, 0.25) is 0 Å². The summed E-state index contributed by atoms with van der Waals surface area (Å²) in [5, 5.41) is 0. The predicted molar refractivity (Wildman–Crippen MR) is 106 cm³/mol. The average Bonchev–Trinajstić information content (AvgIpc) is 3.11. The molecule has 0 spiro atoms. The van der Waals surface area contributed by atoms with Crippen LogP contribution in [-0.4, -0.2) is 16.7 Å². The molecule has 0 saturated heterocycles. The molecule has 0 saturated carbocycles. The Morgan fingerprint density at radius 1 is 1.07 bits per heavy atom. The first-order valence-corrected chi connectivity index (χ1v) is 8.74. The van der Waals surface area contributed by atoms with E-state index in [-0.39, 0.29) is 11.9 Å². The first-order valence-electron chi connectivity index (χ1n) is 8.74. The molecule has 0 amide bonds. The number of hydrogen-bond acceptors (Lipinski definition) is 3. The molecule has 27 heavy (non-hydrogen) atoms. The van der Waals surface area contributed by atoms with Crippen molar-refractivity contribution in [3.8, 4) is 22.6 Å². The first-order chi connectivity index (χ1) is 13.1. The Morgan fingerprint density at radius 2 is 1.93 bits per heavy atom. The van der Waals surface area contributed by atoms with Gasteiger partial charge in [0.1, 0.15) is 17.9 Å². The zero-order chi connectivity index (χ0) is 19.0. The number of ether oxygens (including phenoxy) is 1. The summed E-state index contributed by atoms with van der Waals surface area (Å²) in [6.45, 7) is 1.96. The van der Waals surface area contributed by atoms with Crippen LogP contribution < -0.4 is 10.5 Å². The summed E-state index contributed by atoms with van der Waals surface area (Å²) in [6, 6.07) is 18.6. The van der Waals surface area contributed by atoms with Gasteiger partial charge in [0.15, 0.2) is 0 Å². The maximum Gasteiger partial charge on any atom is 0.129 e. The molecule has 4 nitrogen and oxygen atoms in total. The van der Waals surface area contributed by atoms with E-state index in [1.54, 1.807) is 19.5 Å². The second kappa shape index (κ2) is 6.85. The van der Waals surface area contributed by atoms with Crippen LogP contribution in [0.1, 0.15) is 18.5 Å². The lowest BCUT2D eigenvalue weighted by Gasteiger charge is -2.11. The number of aromatic nitrogens is 2. The normalized spacial score (nSPS) is 12.3. The minimum atomic E-state index is -0.322. The van der Waals surface area contributed by atoms with E-state index in [1.807, 2.05) is 54.0 Å². The summed E-state index contributed by atoms with van der Waals surface area (Å²) < 4.78 is 20.9. The summed E-state index contributed by atoms with van der Waals surface area (Å²) in [4.78, 5) is 4.52. The van der Waals surface area contributed by atoms with Crippen LogP contribution in [0.15, 0.2) is 67.0 Å². The molecular formula is C22H20FN3O. The second-order valence-electron chi connectivity index (χ2n) is 6.55. The Hall–Kier alpha value is -3.18. The van der Waals surface area contributed by atoms with Crippen LogP contribution in [0.4, 0.5) is 4.39 Å². The van der Waals surface area contributed by atoms with Crippen molar-refractivity contribution in [2.45, 2.75) is 13.0 Å². The Labute approximate surface area is 157 Å². The van der Waals surface area contributed by atoms with E-state index in [2.05, 4.69) is 4.98 Å². The highest BCUT2D eigenvalue weighted by molar-refractivity contribution is 5.79. The number of hydrogen-bond donors (Lipinski definition) is 1. The van der Waals surface area contributed by atoms with Crippen molar-refractivity contribution in [2.24, 2.45) is 5.73 Å². The van der Waals surface area contributed by atoms with E-state index >= 15 is 0 Å². The highest BCUT2D eigenvalue weighted by Gasteiger charge is 2.11. The molecule has 0 fully saturated rings. The Kier molecular flexibility index (Phi) is 4.38. The Bertz CT molecular complexity index is 1120. The van der Waals surface area contributed by atoms with Crippen LogP contribution in [0.3, 0.4) is 0 Å². The monoisotopic (exact) mass is 361 g/mol. The van der Waals surface area contributed by atoms with Gasteiger partial charge < -0.3 is 10.5 Å². The summed E-state index contributed by atoms with van der Waals surface area (Å²) >= 11 is 0. The van der Waals surface area contributed by atoms with E-state index < -0.39 is 0 Å². The molecule has 3 aromatic carbocycles. The van der Waals surface area contributed by atoms with E-state index in [0.29, 0.717) is 5.75 Å². The van der Waals surface area contributed by atoms with Gasteiger partial charge in [0, 0.05) is 23.4 Å². The first kappa shape index (κ1) is 17.2. The second-order valence-corrected chi connectivity index (χ2v) is 6.55. The van der Waals surface area contributed by atoms with Crippen molar-refractivity contribution in [2.75, 3.05) is 7.11 Å². The Balaban J connectivity index is 1.81. The molecule has 2 N–H and O–H groups in total. The van der Waals surface area contributed by atoms with Gasteiger partial charge >= 0.3 is 0 Å². The topological polar surface area (TPSA) is 53.1 Å². The molecule has 5 heteroatoms. The van der Waals surface area contributed by atoms with Crippen molar-refractivity contribution in [3.63, 3.8) is 0 Å². The van der Waals surface area contributed by atoms with Gasteiger partial charge in [-0.25, -0.2) is 9.37 Å². The lowest BCUT2D eigenvalue weighted by atomic mass is 10.0. The predicted octanol–water partition coefficient (Wildman–Crippen LogP) is 4.86. The molecule has 0 unspecified atom stereocenters. The number of nitrogens with zero attached hydrogens (tertiary/aromatic N) is 2. The molecule has 1 heterocycles. The third-order valence-corrected chi connectivity index (χ3v) is 4.70. The standard InChI is InChI=1S/C22H20FN3O/c1-14(24)15-6-9-21-20(11-15)25-13-26(21)18-5-3-4-16(10-18)19-8-7-17(23)12-22(19)27-2/h3-14H,24H2,1-2H3/t14-/m1/s1. The van der Waals surface area contributed by atoms with E-state index in [4.69, 9.17) is 10.5 Å². The number of nitrogens with two attached hydrogens (primary N) is 1. The van der Waals surface area contributed by atoms with Crippen LogP contribution >= 0.6 is 0 Å². The van der Waals surface area contributed by atoms with Gasteiger partial charge in [-0.05, 0) is 54.4 Å². The highest BCUT2D eigenvalue weighted by Crippen LogP contribution is 2.32. The summed E-state index contributed by atoms with van der Waals surface area (Å²) in [7, 11) is 1.54. The maximum absolute atomic E-state index is 13.5. The van der Waals surface area contributed by atoms with Crippen LogP contribution in [-0.2, 0) is 0 Å². The number of halogens is 1. The summed E-state index contributed by atoms with van der Waals surface area (Å²) in [5.74, 6) is 0.182. The smallest absolute Gasteiger partial charge is 0.129 e. The molecule has 4 aromatic rings. The summed E-state index contributed by atoms with van der Waals surface area (Å²) in [5.41, 5.74) is 11.7. The third kappa shape index (κ3) is 3.17. The van der Waals surface area contributed by atoms with Crippen molar-refractivity contribution >= 4 is 11.0 Å². The maximum atomic E-state index is 13.5. The van der Waals surface area contributed by atoms with Crippen molar-refractivity contribution in [1.82, 2.24) is 9.55 Å². The number of imidazole rings is 1. The lowest BCUT2D eigenvalue weighted by molar-refractivity contribution is 0.413.